The molecule has 1 aliphatic rings. The second-order valence-electron chi connectivity index (χ2n) is 5.43. The molecule has 1 unspecified atom stereocenters. The molecule has 8 heteroatoms. The lowest BCUT2D eigenvalue weighted by molar-refractivity contribution is 0.0927. The highest BCUT2D eigenvalue weighted by Crippen LogP contribution is 2.25. The van der Waals surface area contributed by atoms with Gasteiger partial charge in [0.15, 0.2) is 0 Å². The molecule has 136 valence electrons. The van der Waals surface area contributed by atoms with E-state index in [2.05, 4.69) is 31.5 Å². The molecule has 1 atom stereocenters. The van der Waals surface area contributed by atoms with Gasteiger partial charge in [0.1, 0.15) is 11.3 Å². The van der Waals surface area contributed by atoms with Gasteiger partial charge in [-0.05, 0) is 49.7 Å². The first-order chi connectivity index (χ1) is 11.2. The number of hydrogen-bond donors (Lipinski definition) is 2. The molecule has 1 saturated heterocycles. The second-order valence-corrected chi connectivity index (χ2v) is 6.35. The molecule has 0 spiro atoms. The zero-order valence-electron chi connectivity index (χ0n) is 13.4. The Labute approximate surface area is 167 Å². The highest BCUT2D eigenvalue weighted by Gasteiger charge is 2.19. The monoisotopic (exact) mass is 447 g/mol. The van der Waals surface area contributed by atoms with Crippen molar-refractivity contribution in [1.82, 2.24) is 15.6 Å². The molecule has 25 heavy (non-hydrogen) atoms. The molecule has 1 fully saturated rings. The number of piperidine rings is 1. The third kappa shape index (κ3) is 6.15. The van der Waals surface area contributed by atoms with Gasteiger partial charge in [-0.1, -0.05) is 22.0 Å². The average Bonchev–Trinajstić information content (AvgIpc) is 2.56. The van der Waals surface area contributed by atoms with Crippen molar-refractivity contribution in [2.24, 2.45) is 0 Å². The first-order valence-electron chi connectivity index (χ1n) is 7.62. The minimum absolute atomic E-state index is 0. The van der Waals surface area contributed by atoms with Crippen LogP contribution in [0.4, 0.5) is 0 Å². The van der Waals surface area contributed by atoms with E-state index in [4.69, 9.17) is 4.74 Å². The van der Waals surface area contributed by atoms with Crippen molar-refractivity contribution in [2.75, 3.05) is 13.1 Å². The second kappa shape index (κ2) is 10.6. The predicted molar refractivity (Wildman–Crippen MR) is 106 cm³/mol. The van der Waals surface area contributed by atoms with Crippen molar-refractivity contribution < 1.29 is 9.53 Å². The van der Waals surface area contributed by atoms with Crippen LogP contribution in [0.2, 0.25) is 0 Å². The fourth-order valence-corrected chi connectivity index (χ4v) is 2.90. The number of nitrogens with one attached hydrogen (secondary N) is 2. The van der Waals surface area contributed by atoms with Gasteiger partial charge in [-0.3, -0.25) is 4.79 Å². The molecule has 2 N–H and O–H groups in total. The lowest BCUT2D eigenvalue weighted by Crippen LogP contribution is -2.45. The topological polar surface area (TPSA) is 63.2 Å². The van der Waals surface area contributed by atoms with Crippen LogP contribution in [0, 0.1) is 0 Å². The van der Waals surface area contributed by atoms with Gasteiger partial charge < -0.3 is 15.4 Å². The smallest absolute Gasteiger partial charge is 0.257 e. The van der Waals surface area contributed by atoms with Crippen LogP contribution in [0.3, 0.4) is 0 Å². The summed E-state index contributed by atoms with van der Waals surface area (Å²) < 4.78 is 6.69. The van der Waals surface area contributed by atoms with Crippen LogP contribution in [0.15, 0.2) is 47.1 Å². The Morgan fingerprint density at radius 2 is 2.12 bits per heavy atom. The van der Waals surface area contributed by atoms with Crippen LogP contribution in [0.1, 0.15) is 23.2 Å². The van der Waals surface area contributed by atoms with E-state index in [1.54, 1.807) is 18.3 Å². The van der Waals surface area contributed by atoms with Crippen LogP contribution in [0.5, 0.6) is 11.6 Å². The number of pyridine rings is 1. The molecule has 1 aromatic carbocycles. The van der Waals surface area contributed by atoms with E-state index < -0.39 is 0 Å². The van der Waals surface area contributed by atoms with Gasteiger partial charge in [0, 0.05) is 23.3 Å². The quantitative estimate of drug-likeness (QED) is 0.742. The van der Waals surface area contributed by atoms with Crippen LogP contribution in [-0.2, 0) is 0 Å². The number of benzene rings is 1. The maximum Gasteiger partial charge on any atom is 0.257 e. The van der Waals surface area contributed by atoms with E-state index >= 15 is 0 Å². The number of hydrogen-bond acceptors (Lipinski definition) is 4. The number of nitrogens with zero attached hydrogens (tertiary/aromatic N) is 1. The van der Waals surface area contributed by atoms with Crippen molar-refractivity contribution in [1.29, 1.82) is 0 Å². The Morgan fingerprint density at radius 3 is 2.84 bits per heavy atom. The lowest BCUT2D eigenvalue weighted by atomic mass is 10.1. The largest absolute Gasteiger partial charge is 0.438 e. The van der Waals surface area contributed by atoms with Gasteiger partial charge in [0.05, 0.1) is 0 Å². The first kappa shape index (κ1) is 21.7. The minimum atomic E-state index is -0.156. The highest BCUT2D eigenvalue weighted by molar-refractivity contribution is 9.10. The average molecular weight is 449 g/mol. The summed E-state index contributed by atoms with van der Waals surface area (Å²) >= 11 is 3.40. The molecule has 1 amide bonds. The number of amides is 1. The number of halogens is 3. The Kier molecular flexibility index (Phi) is 9.21. The Bertz CT molecular complexity index is 697. The summed E-state index contributed by atoms with van der Waals surface area (Å²) in [5.74, 6) is 0.787. The van der Waals surface area contributed by atoms with E-state index in [1.165, 1.54) is 0 Å². The molecule has 0 bridgehead atoms. The summed E-state index contributed by atoms with van der Waals surface area (Å²) in [4.78, 5) is 16.7. The van der Waals surface area contributed by atoms with Crippen LogP contribution in [-0.4, -0.2) is 30.0 Å². The van der Waals surface area contributed by atoms with Gasteiger partial charge in [-0.15, -0.1) is 24.8 Å². The van der Waals surface area contributed by atoms with Gasteiger partial charge in [0.2, 0.25) is 5.88 Å². The first-order valence-corrected chi connectivity index (χ1v) is 8.42. The summed E-state index contributed by atoms with van der Waals surface area (Å²) in [7, 11) is 0. The molecule has 0 saturated carbocycles. The Hall–Kier alpha value is -1.34. The van der Waals surface area contributed by atoms with Crippen molar-refractivity contribution in [2.45, 2.75) is 18.9 Å². The highest BCUT2D eigenvalue weighted by atomic mass is 79.9. The van der Waals surface area contributed by atoms with Crippen molar-refractivity contribution in [3.63, 3.8) is 0 Å². The number of ether oxygens (including phenoxy) is 1. The fraction of sp³-hybridized carbons (Fsp3) is 0.294. The SMILES string of the molecule is Cl.Cl.O=C(NC1CCCNC1)c1cccnc1Oc1cccc(Br)c1. The third-order valence-corrected chi connectivity index (χ3v) is 4.15. The van der Waals surface area contributed by atoms with E-state index in [1.807, 2.05) is 24.3 Å². The van der Waals surface area contributed by atoms with Gasteiger partial charge in [-0.2, -0.15) is 0 Å². The summed E-state index contributed by atoms with van der Waals surface area (Å²) in [6.07, 6.45) is 3.67. The lowest BCUT2D eigenvalue weighted by Gasteiger charge is -2.24. The summed E-state index contributed by atoms with van der Waals surface area (Å²) in [6, 6.07) is 11.1. The van der Waals surface area contributed by atoms with E-state index in [-0.39, 0.29) is 36.8 Å². The van der Waals surface area contributed by atoms with E-state index in [0.717, 1.165) is 30.4 Å². The summed E-state index contributed by atoms with van der Waals surface area (Å²) in [6.45, 7) is 1.81. The molecule has 1 aromatic heterocycles. The molecular weight excluding hydrogens is 429 g/mol. The molecule has 2 aromatic rings. The molecule has 1 aliphatic heterocycles. The maximum atomic E-state index is 12.5. The number of carbonyl (C=O) groups is 1. The standard InChI is InChI=1S/C17H18BrN3O2.2ClH/c18-12-4-1-6-14(10-12)23-17-15(7-3-9-20-17)16(22)21-13-5-2-8-19-11-13;;/h1,3-4,6-7,9-10,13,19H,2,5,8,11H2,(H,21,22);2*1H. The Balaban J connectivity index is 0.00000156. The normalized spacial score (nSPS) is 16.1. The van der Waals surface area contributed by atoms with Crippen molar-refractivity contribution in [3.8, 4) is 11.6 Å². The van der Waals surface area contributed by atoms with E-state index in [9.17, 15) is 4.79 Å². The van der Waals surface area contributed by atoms with Crippen LogP contribution in [0.25, 0.3) is 0 Å². The van der Waals surface area contributed by atoms with Crippen molar-refractivity contribution in [3.05, 3.63) is 52.6 Å². The third-order valence-electron chi connectivity index (χ3n) is 3.66. The predicted octanol–water partition coefficient (Wildman–Crippen LogP) is 3.96. The molecule has 5 nitrogen and oxygen atoms in total. The molecule has 0 aliphatic carbocycles. The Morgan fingerprint density at radius 1 is 1.28 bits per heavy atom. The van der Waals surface area contributed by atoms with Crippen LogP contribution < -0.4 is 15.4 Å². The summed E-state index contributed by atoms with van der Waals surface area (Å²) in [5, 5.41) is 6.33. The molecule has 2 heterocycles. The molecular formula is C17H20BrCl2N3O2. The molecule has 0 radical (unpaired) electrons. The van der Waals surface area contributed by atoms with Crippen LogP contribution >= 0.6 is 40.7 Å². The van der Waals surface area contributed by atoms with Crippen molar-refractivity contribution >= 4 is 46.7 Å². The maximum absolute atomic E-state index is 12.5. The van der Waals surface area contributed by atoms with E-state index in [0.29, 0.717) is 17.2 Å². The zero-order chi connectivity index (χ0) is 16.1. The number of aromatic nitrogens is 1. The summed E-state index contributed by atoms with van der Waals surface area (Å²) in [5.41, 5.74) is 0.443. The fourth-order valence-electron chi connectivity index (χ4n) is 2.53. The zero-order valence-corrected chi connectivity index (χ0v) is 16.6. The van der Waals surface area contributed by atoms with Gasteiger partial charge in [0.25, 0.3) is 5.91 Å². The van der Waals surface area contributed by atoms with Gasteiger partial charge >= 0.3 is 0 Å². The van der Waals surface area contributed by atoms with Gasteiger partial charge in [-0.25, -0.2) is 4.98 Å². The number of carbonyl (C=O) groups excluding carboxylic acids is 1. The molecule has 3 rings (SSSR count). The minimum Gasteiger partial charge on any atom is -0.438 e. The number of rotatable bonds is 4.